The monoisotopic (exact) mass is 290 g/mol. The standard InChI is InChI=1S/C12H16Cl2N2O2/c1-8(16-5-6-18-7-11(15)17)9-3-2-4-10(13)12(9)14/h2-4,8,16H,5-7H2,1H3,(H2,15,17). The van der Waals surface area contributed by atoms with Gasteiger partial charge in [0.25, 0.3) is 0 Å². The number of nitrogens with two attached hydrogens (primary N) is 1. The Bertz CT molecular complexity index is 413. The number of rotatable bonds is 7. The quantitative estimate of drug-likeness (QED) is 0.757. The highest BCUT2D eigenvalue weighted by atomic mass is 35.5. The molecule has 0 bridgehead atoms. The fourth-order valence-electron chi connectivity index (χ4n) is 1.49. The second kappa shape index (κ2) is 7.59. The van der Waals surface area contributed by atoms with E-state index in [4.69, 9.17) is 33.7 Å². The highest BCUT2D eigenvalue weighted by Crippen LogP contribution is 2.29. The maximum atomic E-state index is 10.4. The summed E-state index contributed by atoms with van der Waals surface area (Å²) < 4.78 is 5.04. The smallest absolute Gasteiger partial charge is 0.243 e. The molecule has 0 fully saturated rings. The Morgan fingerprint density at radius 3 is 2.89 bits per heavy atom. The van der Waals surface area contributed by atoms with E-state index in [0.717, 1.165) is 5.56 Å². The number of amides is 1. The van der Waals surface area contributed by atoms with Gasteiger partial charge in [-0.15, -0.1) is 0 Å². The van der Waals surface area contributed by atoms with E-state index in [-0.39, 0.29) is 12.6 Å². The molecule has 0 saturated carbocycles. The van der Waals surface area contributed by atoms with Gasteiger partial charge in [0.2, 0.25) is 5.91 Å². The Kier molecular flexibility index (Phi) is 6.43. The number of nitrogens with one attached hydrogen (secondary N) is 1. The fraction of sp³-hybridized carbons (Fsp3) is 0.417. The summed E-state index contributed by atoms with van der Waals surface area (Å²) in [6, 6.07) is 5.56. The average Bonchev–Trinajstić information content (AvgIpc) is 2.31. The van der Waals surface area contributed by atoms with Crippen molar-refractivity contribution in [2.75, 3.05) is 19.8 Å². The van der Waals surface area contributed by atoms with Gasteiger partial charge in [-0.05, 0) is 18.6 Å². The molecule has 1 aromatic rings. The van der Waals surface area contributed by atoms with Gasteiger partial charge in [-0.2, -0.15) is 0 Å². The van der Waals surface area contributed by atoms with Gasteiger partial charge in [0.15, 0.2) is 0 Å². The van der Waals surface area contributed by atoms with Crippen molar-refractivity contribution in [1.29, 1.82) is 0 Å². The highest BCUT2D eigenvalue weighted by Gasteiger charge is 2.10. The molecule has 1 aromatic carbocycles. The van der Waals surface area contributed by atoms with Crippen LogP contribution in [0.5, 0.6) is 0 Å². The molecule has 0 saturated heterocycles. The van der Waals surface area contributed by atoms with Gasteiger partial charge < -0.3 is 15.8 Å². The Morgan fingerprint density at radius 1 is 1.50 bits per heavy atom. The lowest BCUT2D eigenvalue weighted by Gasteiger charge is -2.16. The summed E-state index contributed by atoms with van der Waals surface area (Å²) in [4.78, 5) is 10.4. The Hall–Kier alpha value is -0.810. The number of ether oxygens (including phenoxy) is 1. The molecule has 0 aliphatic carbocycles. The summed E-state index contributed by atoms with van der Waals surface area (Å²) in [6.45, 7) is 2.92. The third-order valence-electron chi connectivity index (χ3n) is 2.39. The van der Waals surface area contributed by atoms with Crippen LogP contribution >= 0.6 is 23.2 Å². The second-order valence-corrected chi connectivity index (χ2v) is 4.62. The molecular weight excluding hydrogens is 275 g/mol. The van der Waals surface area contributed by atoms with E-state index < -0.39 is 5.91 Å². The van der Waals surface area contributed by atoms with E-state index in [1.807, 2.05) is 19.1 Å². The normalized spacial score (nSPS) is 12.4. The van der Waals surface area contributed by atoms with Crippen molar-refractivity contribution in [2.24, 2.45) is 5.73 Å². The average molecular weight is 291 g/mol. The lowest BCUT2D eigenvalue weighted by Crippen LogP contribution is -2.26. The molecule has 18 heavy (non-hydrogen) atoms. The van der Waals surface area contributed by atoms with Crippen LogP contribution in [0, 0.1) is 0 Å². The fourth-order valence-corrected chi connectivity index (χ4v) is 1.96. The summed E-state index contributed by atoms with van der Waals surface area (Å²) in [5.74, 6) is -0.471. The van der Waals surface area contributed by atoms with Crippen molar-refractivity contribution in [3.8, 4) is 0 Å². The first-order chi connectivity index (χ1) is 8.52. The molecular formula is C12H16Cl2N2O2. The van der Waals surface area contributed by atoms with E-state index in [0.29, 0.717) is 23.2 Å². The third kappa shape index (κ3) is 4.82. The number of primary amides is 1. The molecule has 0 aliphatic heterocycles. The summed E-state index contributed by atoms with van der Waals surface area (Å²) in [5, 5.41) is 4.31. The van der Waals surface area contributed by atoms with Gasteiger partial charge in [-0.3, -0.25) is 4.79 Å². The second-order valence-electron chi connectivity index (χ2n) is 3.84. The molecule has 0 aromatic heterocycles. The van der Waals surface area contributed by atoms with E-state index >= 15 is 0 Å². The molecule has 0 spiro atoms. The van der Waals surface area contributed by atoms with E-state index in [2.05, 4.69) is 5.32 Å². The lowest BCUT2D eigenvalue weighted by atomic mass is 10.1. The number of carbonyl (C=O) groups excluding carboxylic acids is 1. The Morgan fingerprint density at radius 2 is 2.22 bits per heavy atom. The van der Waals surface area contributed by atoms with Crippen molar-refractivity contribution >= 4 is 29.1 Å². The van der Waals surface area contributed by atoms with Crippen LogP contribution < -0.4 is 11.1 Å². The van der Waals surface area contributed by atoms with Crippen molar-refractivity contribution in [1.82, 2.24) is 5.32 Å². The first kappa shape index (κ1) is 15.2. The molecule has 3 N–H and O–H groups in total. The predicted octanol–water partition coefficient (Wildman–Crippen LogP) is 2.15. The minimum absolute atomic E-state index is 0.0494. The molecule has 4 nitrogen and oxygen atoms in total. The molecule has 0 heterocycles. The molecule has 6 heteroatoms. The number of hydrogen-bond acceptors (Lipinski definition) is 3. The van der Waals surface area contributed by atoms with Crippen LogP contribution in [0.4, 0.5) is 0 Å². The molecule has 0 radical (unpaired) electrons. The van der Waals surface area contributed by atoms with Gasteiger partial charge in [-0.25, -0.2) is 0 Å². The van der Waals surface area contributed by atoms with Crippen LogP contribution in [0.2, 0.25) is 10.0 Å². The van der Waals surface area contributed by atoms with Crippen LogP contribution in [-0.2, 0) is 9.53 Å². The first-order valence-electron chi connectivity index (χ1n) is 5.55. The summed E-state index contributed by atoms with van der Waals surface area (Å²) in [5.41, 5.74) is 5.88. The number of hydrogen-bond donors (Lipinski definition) is 2. The van der Waals surface area contributed by atoms with E-state index in [1.165, 1.54) is 0 Å². The molecule has 1 unspecified atom stereocenters. The highest BCUT2D eigenvalue weighted by molar-refractivity contribution is 6.42. The van der Waals surface area contributed by atoms with Gasteiger partial charge in [0.1, 0.15) is 6.61 Å². The van der Waals surface area contributed by atoms with Crippen LogP contribution in [-0.4, -0.2) is 25.7 Å². The third-order valence-corrected chi connectivity index (χ3v) is 3.22. The molecule has 1 rings (SSSR count). The predicted molar refractivity (Wildman–Crippen MR) is 72.9 cm³/mol. The van der Waals surface area contributed by atoms with Gasteiger partial charge in [0, 0.05) is 12.6 Å². The van der Waals surface area contributed by atoms with Crippen molar-refractivity contribution in [3.63, 3.8) is 0 Å². The van der Waals surface area contributed by atoms with Gasteiger partial charge in [-0.1, -0.05) is 35.3 Å². The van der Waals surface area contributed by atoms with Crippen LogP contribution in [0.1, 0.15) is 18.5 Å². The minimum Gasteiger partial charge on any atom is -0.370 e. The summed E-state index contributed by atoms with van der Waals surface area (Å²) in [6.07, 6.45) is 0. The van der Waals surface area contributed by atoms with Crippen molar-refractivity contribution < 1.29 is 9.53 Å². The number of carbonyl (C=O) groups is 1. The zero-order valence-electron chi connectivity index (χ0n) is 10.1. The SMILES string of the molecule is CC(NCCOCC(N)=O)c1cccc(Cl)c1Cl. The summed E-state index contributed by atoms with van der Waals surface area (Å²) in [7, 11) is 0. The maximum absolute atomic E-state index is 10.4. The molecule has 100 valence electrons. The van der Waals surface area contributed by atoms with Gasteiger partial charge in [0.05, 0.1) is 16.7 Å². The van der Waals surface area contributed by atoms with Crippen LogP contribution in [0.25, 0.3) is 0 Å². The van der Waals surface area contributed by atoms with Gasteiger partial charge >= 0.3 is 0 Å². The van der Waals surface area contributed by atoms with E-state index in [9.17, 15) is 4.79 Å². The first-order valence-corrected chi connectivity index (χ1v) is 6.31. The van der Waals surface area contributed by atoms with Crippen molar-refractivity contribution in [3.05, 3.63) is 33.8 Å². The minimum atomic E-state index is -0.471. The maximum Gasteiger partial charge on any atom is 0.243 e. The molecule has 1 amide bonds. The van der Waals surface area contributed by atoms with Crippen LogP contribution in [0.15, 0.2) is 18.2 Å². The number of halogens is 2. The van der Waals surface area contributed by atoms with Crippen LogP contribution in [0.3, 0.4) is 0 Å². The van der Waals surface area contributed by atoms with Crippen molar-refractivity contribution in [2.45, 2.75) is 13.0 Å². The largest absolute Gasteiger partial charge is 0.370 e. The van der Waals surface area contributed by atoms with E-state index in [1.54, 1.807) is 6.07 Å². The number of benzene rings is 1. The zero-order chi connectivity index (χ0) is 13.5. The summed E-state index contributed by atoms with van der Waals surface area (Å²) >= 11 is 12.0. The lowest BCUT2D eigenvalue weighted by molar-refractivity contribution is -0.122. The Labute approximate surface area is 116 Å². The Balaban J connectivity index is 2.38. The molecule has 0 aliphatic rings. The zero-order valence-corrected chi connectivity index (χ0v) is 11.6. The topological polar surface area (TPSA) is 64.3 Å². The molecule has 1 atom stereocenters.